The summed E-state index contributed by atoms with van der Waals surface area (Å²) in [5, 5.41) is 61.2. The van der Waals surface area contributed by atoms with E-state index in [1.807, 2.05) is 17.9 Å². The minimum absolute atomic E-state index is 0.00829. The third-order valence-electron chi connectivity index (χ3n) is 18.2. The van der Waals surface area contributed by atoms with Crippen LogP contribution in [0, 0.1) is 50.2 Å². The fraction of sp³-hybridized carbons (Fsp3) is 0.853. The predicted molar refractivity (Wildman–Crippen MR) is 436 cm³/mol. The van der Waals surface area contributed by atoms with Gasteiger partial charge in [0.15, 0.2) is 13.6 Å². The van der Waals surface area contributed by atoms with E-state index in [2.05, 4.69) is 76.9 Å². The number of hydrogen-bond donors (Lipinski definition) is 13. The molecular formula is C68H133N13O26P4S3. The van der Waals surface area contributed by atoms with Crippen LogP contribution in [0.1, 0.15) is 147 Å². The van der Waals surface area contributed by atoms with E-state index in [1.165, 1.54) is 28.3 Å². The molecule has 0 radical (unpaired) electrons. The number of piperidine rings is 4. The Labute approximate surface area is 695 Å². The van der Waals surface area contributed by atoms with Crippen LogP contribution < -0.4 is 33.2 Å². The molecule has 4 fully saturated rings. The fourth-order valence-corrected chi connectivity index (χ4v) is 16.5. The molecule has 0 saturated carbocycles. The number of nitrogens with two attached hydrogens (primary N) is 3. The molecule has 0 aromatic carbocycles. The second-order valence-corrected chi connectivity index (χ2v) is 37.5. The first-order valence-corrected chi connectivity index (χ1v) is 46.1. The zero-order valence-corrected chi connectivity index (χ0v) is 74.0. The van der Waals surface area contributed by atoms with Crippen molar-refractivity contribution in [2.75, 3.05) is 194 Å². The number of aliphatic hydroxyl groups excluding tert-OH is 5. The average molecular weight is 1780 g/mol. The maximum atomic E-state index is 12.6. The molecule has 15 N–H and O–H groups in total. The van der Waals surface area contributed by atoms with Crippen molar-refractivity contribution in [3.05, 3.63) is 0 Å². The third-order valence-corrected chi connectivity index (χ3v) is 25.7. The lowest BCUT2D eigenvalue weighted by atomic mass is 9.80. The van der Waals surface area contributed by atoms with Gasteiger partial charge in [0.1, 0.15) is 0 Å². The second-order valence-electron chi connectivity index (χ2n) is 27.3. The SMILES string of the molecule is CNC(=O)CCC(=O)OCC1(COP(=S)(OCO)OCCC#N)CCN(C(=O)CN)CC1.NCC(=O)N1CCC(CO)(COP(=O)(S)OCOP(O)(=S)OCC2(CO)CCN(C(=O)CN)CC2)CC1.[3H]CC(CNC)COC(=O)CCC(=O)NC.[3H]CC1(COP(OCCC#N)N(C(C)C)C(C)C)CCN(C(=O)CC)CC1.[3H]OC.[3H]OC. The van der Waals surface area contributed by atoms with E-state index in [9.17, 15) is 58.0 Å². The van der Waals surface area contributed by atoms with E-state index in [1.54, 1.807) is 21.7 Å². The van der Waals surface area contributed by atoms with Crippen molar-refractivity contribution in [3.63, 3.8) is 0 Å². The van der Waals surface area contributed by atoms with Crippen molar-refractivity contribution in [3.8, 4) is 12.1 Å². The summed E-state index contributed by atoms with van der Waals surface area (Å²) in [6, 6.07) is 4.54. The number of rotatable bonds is 45. The van der Waals surface area contributed by atoms with E-state index in [0.29, 0.717) is 123 Å². The van der Waals surface area contributed by atoms with E-state index in [0.717, 1.165) is 12.8 Å². The molecule has 4 rings (SSSR count). The predicted octanol–water partition coefficient (Wildman–Crippen LogP) is 2.59. The van der Waals surface area contributed by atoms with Gasteiger partial charge < -0.3 is 120 Å². The minimum Gasteiger partial charge on any atom is -0.465 e. The van der Waals surface area contributed by atoms with Crippen molar-refractivity contribution in [1.29, 1.82) is 13.4 Å². The second kappa shape index (κ2) is 61.5. The van der Waals surface area contributed by atoms with E-state index >= 15 is 0 Å². The number of carbonyl (C=O) groups is 8. The van der Waals surface area contributed by atoms with Crippen LogP contribution in [0.5, 0.6) is 0 Å². The van der Waals surface area contributed by atoms with Gasteiger partial charge in [-0.2, -0.15) is 10.5 Å². The van der Waals surface area contributed by atoms with Crippen LogP contribution >= 0.6 is 41.0 Å². The number of nitriles is 2. The summed E-state index contributed by atoms with van der Waals surface area (Å²) in [5.41, 5.74) is 13.8. The van der Waals surface area contributed by atoms with Crippen molar-refractivity contribution in [2.24, 2.45) is 44.8 Å². The van der Waals surface area contributed by atoms with Crippen molar-refractivity contribution in [1.82, 2.24) is 40.2 Å². The first-order valence-electron chi connectivity index (χ1n) is 39.4. The Hall–Kier alpha value is -3.75. The van der Waals surface area contributed by atoms with Gasteiger partial charge >= 0.3 is 32.2 Å². The summed E-state index contributed by atoms with van der Waals surface area (Å²) in [5.74, 6) is -1.74. The number of carbonyl (C=O) groups excluding carboxylic acids is 8. The molecule has 114 heavy (non-hydrogen) atoms. The molecule has 4 aliphatic rings. The van der Waals surface area contributed by atoms with Crippen LogP contribution in [0.4, 0.5) is 0 Å². The van der Waals surface area contributed by atoms with Gasteiger partial charge in [-0.1, -0.05) is 33.0 Å². The number of likely N-dealkylation sites (tertiary alicyclic amines) is 4. The number of hydrogen-bond acceptors (Lipinski definition) is 34. The molecule has 5 unspecified atom stereocenters. The Morgan fingerprint density at radius 2 is 1.04 bits per heavy atom. The van der Waals surface area contributed by atoms with Crippen LogP contribution in [0.15, 0.2) is 0 Å². The summed E-state index contributed by atoms with van der Waals surface area (Å²) < 4.78 is 101. The molecule has 0 aromatic rings. The van der Waals surface area contributed by atoms with E-state index in [4.69, 9.17) is 112 Å². The van der Waals surface area contributed by atoms with Gasteiger partial charge in [0.2, 0.25) is 38.3 Å². The highest BCUT2D eigenvalue weighted by Gasteiger charge is 2.43. The smallest absolute Gasteiger partial charge is 0.388 e. The molecule has 0 spiro atoms. The summed E-state index contributed by atoms with van der Waals surface area (Å²) in [6.07, 6.45) is 5.22. The number of aliphatic hydroxyl groups is 5. The number of nitrogens with zero attached hydrogens (tertiary/aromatic N) is 7. The zero-order valence-electron chi connectivity index (χ0n) is 71.9. The number of ether oxygens (including phenoxy) is 2. The maximum absolute atomic E-state index is 12.6. The Morgan fingerprint density at radius 1 is 0.605 bits per heavy atom. The Balaban J connectivity index is 0. The topological polar surface area (TPSA) is 554 Å². The molecule has 0 aromatic heterocycles. The maximum Gasteiger partial charge on any atom is 0.388 e. The summed E-state index contributed by atoms with van der Waals surface area (Å²) >= 11 is 14.2. The molecule has 4 saturated heterocycles. The van der Waals surface area contributed by atoms with Crippen molar-refractivity contribution < 1.29 is 126 Å². The first-order chi connectivity index (χ1) is 55.8. The van der Waals surface area contributed by atoms with Gasteiger partial charge in [-0.25, -0.2) is 9.24 Å². The normalized spacial score (nSPS) is 18.5. The third kappa shape index (κ3) is 46.2. The molecule has 0 aliphatic carbocycles. The molecule has 4 aliphatic heterocycles. The largest absolute Gasteiger partial charge is 0.465 e. The molecule has 39 nitrogen and oxygen atoms in total. The number of thiol groups is 1. The summed E-state index contributed by atoms with van der Waals surface area (Å²) in [4.78, 5) is 110. The van der Waals surface area contributed by atoms with Crippen molar-refractivity contribution >= 4 is 112 Å². The fourth-order valence-electron chi connectivity index (χ4n) is 11.1. The van der Waals surface area contributed by atoms with Crippen molar-refractivity contribution in [2.45, 2.75) is 157 Å². The average Bonchev–Trinajstić information content (AvgIpc) is 0.840. The molecule has 46 heteroatoms. The molecule has 664 valence electrons. The summed E-state index contributed by atoms with van der Waals surface area (Å²) in [6.45, 7) is 2.55. The lowest BCUT2D eigenvalue weighted by molar-refractivity contribution is -0.152. The minimum atomic E-state index is -3.95. The lowest BCUT2D eigenvalue weighted by Gasteiger charge is -2.41. The number of nitrogens with one attached hydrogen (secondary N) is 3. The van der Waals surface area contributed by atoms with Gasteiger partial charge in [-0.15, -0.1) is 0 Å². The first kappa shape index (κ1) is 104. The van der Waals surface area contributed by atoms with Crippen LogP contribution in [-0.4, -0.2) is 311 Å². The molecule has 4 heterocycles. The molecular weight excluding hydrogens is 1630 g/mol. The Morgan fingerprint density at radius 3 is 1.44 bits per heavy atom. The standard InChI is InChI=1S/C19H38N4O10P2S2.C19H36N3O3P.C18H31N4O8PS.C10H20N2O3.2CH4O/c20-9-16(26)22-5-1-18(11-24,2-6-22)13-30-34(28,36)32-15-33-35(29,37)31-14-19(12-25)3-7-23(8-4-19)17(27)10-21;1-7-18(23)21-12-9-19(6,10-13-21)15-25-26(24-14-8-11-20)22(16(2)3)17(4)5;1-21-15(24)3-4-17(26)27-12-18(5-8-22(9-6-18)16(25)11-20)13-29-31(32,30-14-23)28-10-2-7-19;1-8(6-11-2)7-15-10(14)5-4-9(13)12-3;2*1-2/h24-25H,1-15,20-21H2,(H,28,36)(H,29,37);16-17H,7-10,12-15H2,1-6H3;23H,2-6,8-14,20H2,1H3,(H,21,24);8,11H,4-7H2,1-3H3,(H,12,13);2*2H,1H3/i;6T;;1T;2*2T. The highest BCUT2D eigenvalue weighted by molar-refractivity contribution is 8.44. The monoisotopic (exact) mass is 1780 g/mol. The van der Waals surface area contributed by atoms with Crippen LogP contribution in [0.3, 0.4) is 0 Å². The summed E-state index contributed by atoms with van der Waals surface area (Å²) in [7, 11) is 6.09. The highest BCUT2D eigenvalue weighted by atomic mass is 32.7. The zero-order chi connectivity index (χ0) is 90.0. The van der Waals surface area contributed by atoms with Crippen LogP contribution in [-0.2, 0) is 117 Å². The van der Waals surface area contributed by atoms with Gasteiger partial charge in [0.05, 0.1) is 124 Å². The molecule has 0 bridgehead atoms. The quantitative estimate of drug-likeness (QED) is 0.0137. The van der Waals surface area contributed by atoms with Gasteiger partial charge in [-0.3, -0.25) is 51.9 Å². The van der Waals surface area contributed by atoms with Gasteiger partial charge in [0.25, 0.3) is 8.53 Å². The van der Waals surface area contributed by atoms with E-state index < -0.39 is 70.5 Å². The lowest BCUT2D eigenvalue weighted by Crippen LogP contribution is -2.48. The number of amides is 6. The van der Waals surface area contributed by atoms with Gasteiger partial charge in [-0.05, 0) is 115 Å². The Bertz CT molecular complexity index is 3040. The number of esters is 2. The van der Waals surface area contributed by atoms with Gasteiger partial charge in [0, 0.05) is 143 Å². The van der Waals surface area contributed by atoms with Crippen LogP contribution in [0.2, 0.25) is 0 Å². The molecule has 6 amide bonds. The molecule has 5 atom stereocenters. The van der Waals surface area contributed by atoms with Crippen LogP contribution in [0.25, 0.3) is 0 Å². The Kier molecular flexibility index (Phi) is 56.4. The highest BCUT2D eigenvalue weighted by Crippen LogP contribution is 2.57. The van der Waals surface area contributed by atoms with E-state index in [-0.39, 0.29) is 177 Å².